The summed E-state index contributed by atoms with van der Waals surface area (Å²) in [5.41, 5.74) is 2.73. The van der Waals surface area contributed by atoms with Crippen molar-refractivity contribution >= 4 is 17.3 Å². The number of amides is 1. The van der Waals surface area contributed by atoms with E-state index in [4.69, 9.17) is 0 Å². The summed E-state index contributed by atoms with van der Waals surface area (Å²) >= 11 is 0. The number of hydrogen-bond acceptors (Lipinski definition) is 5. The highest BCUT2D eigenvalue weighted by Gasteiger charge is 2.34. The normalized spacial score (nSPS) is 14.1. The molecule has 1 aromatic carbocycles. The van der Waals surface area contributed by atoms with E-state index < -0.39 is 6.17 Å². The number of aryl methyl sites for hydroxylation is 1. The molecule has 0 spiro atoms. The predicted molar refractivity (Wildman–Crippen MR) is 110 cm³/mol. The Bertz CT molecular complexity index is 1290. The average molecular weight is 418 g/mol. The van der Waals surface area contributed by atoms with Gasteiger partial charge in [0.25, 0.3) is 5.91 Å². The van der Waals surface area contributed by atoms with Gasteiger partial charge in [-0.15, -0.1) is 5.10 Å². The molecule has 1 saturated heterocycles. The van der Waals surface area contributed by atoms with Crippen molar-refractivity contribution in [1.29, 1.82) is 0 Å². The van der Waals surface area contributed by atoms with Gasteiger partial charge in [0.15, 0.2) is 17.3 Å². The van der Waals surface area contributed by atoms with Crippen LogP contribution >= 0.6 is 0 Å². The number of pyridine rings is 1. The minimum Gasteiger partial charge on any atom is -0.333 e. The van der Waals surface area contributed by atoms with E-state index in [2.05, 4.69) is 15.2 Å². The second-order valence-corrected chi connectivity index (χ2v) is 7.58. The Kier molecular flexibility index (Phi) is 4.58. The number of rotatable bonds is 5. The lowest BCUT2D eigenvalue weighted by Crippen LogP contribution is -2.51. The standard InChI is InChI=1S/C22H19FN6O2/c1-27-20(17(10-24-27)22(31)28-12-16(23)13-28)18(30)9-14-7-8-19-25-21(26-29(19)11-14)15-5-3-2-4-6-15/h2-8,10-11,16H,9,12-13H2,1H3. The van der Waals surface area contributed by atoms with Crippen LogP contribution in [0.4, 0.5) is 4.39 Å². The molecule has 0 unspecified atom stereocenters. The van der Waals surface area contributed by atoms with Crippen LogP contribution in [-0.2, 0) is 13.5 Å². The molecule has 1 aliphatic rings. The molecule has 1 aliphatic heterocycles. The van der Waals surface area contributed by atoms with Crippen molar-refractivity contribution < 1.29 is 14.0 Å². The minimum atomic E-state index is -1.00. The van der Waals surface area contributed by atoms with Crippen LogP contribution in [0.3, 0.4) is 0 Å². The van der Waals surface area contributed by atoms with E-state index in [1.54, 1.807) is 23.8 Å². The number of carbonyl (C=O) groups excluding carboxylic acids is 2. The highest BCUT2D eigenvalue weighted by atomic mass is 19.1. The molecule has 156 valence electrons. The maximum Gasteiger partial charge on any atom is 0.258 e. The molecular weight excluding hydrogens is 399 g/mol. The molecule has 4 aromatic rings. The van der Waals surface area contributed by atoms with Gasteiger partial charge in [0.2, 0.25) is 0 Å². The summed E-state index contributed by atoms with van der Waals surface area (Å²) in [4.78, 5) is 31.5. The van der Waals surface area contributed by atoms with Gasteiger partial charge in [-0.25, -0.2) is 13.9 Å². The first-order chi connectivity index (χ1) is 15.0. The van der Waals surface area contributed by atoms with Crippen LogP contribution in [0.2, 0.25) is 0 Å². The number of carbonyl (C=O) groups is 2. The fourth-order valence-corrected chi connectivity index (χ4v) is 3.69. The third-order valence-corrected chi connectivity index (χ3v) is 5.35. The SMILES string of the molecule is Cn1ncc(C(=O)N2CC(F)C2)c1C(=O)Cc1ccc2nc(-c3ccccc3)nn2c1. The summed E-state index contributed by atoms with van der Waals surface area (Å²) < 4.78 is 16.2. The Balaban J connectivity index is 1.39. The van der Waals surface area contributed by atoms with Crippen LogP contribution < -0.4 is 0 Å². The number of halogens is 1. The van der Waals surface area contributed by atoms with Crippen LogP contribution in [-0.4, -0.2) is 60.2 Å². The highest BCUT2D eigenvalue weighted by molar-refractivity contribution is 6.07. The second kappa shape index (κ2) is 7.42. The average Bonchev–Trinajstić information content (AvgIpc) is 3.35. The molecule has 0 radical (unpaired) electrons. The van der Waals surface area contributed by atoms with Gasteiger partial charge < -0.3 is 4.90 Å². The number of aromatic nitrogens is 5. The summed E-state index contributed by atoms with van der Waals surface area (Å²) in [6.45, 7) is 0.0993. The van der Waals surface area contributed by atoms with Crippen molar-refractivity contribution in [3.63, 3.8) is 0 Å². The van der Waals surface area contributed by atoms with Gasteiger partial charge in [0, 0.05) is 25.2 Å². The quantitative estimate of drug-likeness (QED) is 0.465. The van der Waals surface area contributed by atoms with Crippen molar-refractivity contribution in [1.82, 2.24) is 29.3 Å². The Morgan fingerprint density at radius 1 is 1.13 bits per heavy atom. The third-order valence-electron chi connectivity index (χ3n) is 5.35. The first-order valence-corrected chi connectivity index (χ1v) is 9.89. The minimum absolute atomic E-state index is 0.0497. The zero-order valence-corrected chi connectivity index (χ0v) is 16.8. The molecule has 0 N–H and O–H groups in total. The fraction of sp³-hybridized carbons (Fsp3) is 0.227. The van der Waals surface area contributed by atoms with E-state index in [-0.39, 0.29) is 42.5 Å². The number of ketones is 1. The lowest BCUT2D eigenvalue weighted by atomic mass is 10.0. The third kappa shape index (κ3) is 3.48. The van der Waals surface area contributed by atoms with E-state index >= 15 is 0 Å². The molecule has 4 heterocycles. The van der Waals surface area contributed by atoms with Crippen molar-refractivity contribution in [2.24, 2.45) is 7.05 Å². The lowest BCUT2D eigenvalue weighted by Gasteiger charge is -2.34. The van der Waals surface area contributed by atoms with Gasteiger partial charge in [0.1, 0.15) is 11.9 Å². The number of fused-ring (bicyclic) bond motifs is 1. The van der Waals surface area contributed by atoms with Crippen molar-refractivity contribution in [3.05, 3.63) is 71.7 Å². The van der Waals surface area contributed by atoms with Crippen molar-refractivity contribution in [2.75, 3.05) is 13.1 Å². The Hall–Kier alpha value is -3.88. The zero-order valence-electron chi connectivity index (χ0n) is 16.8. The fourth-order valence-electron chi connectivity index (χ4n) is 3.69. The molecule has 0 bridgehead atoms. The highest BCUT2D eigenvalue weighted by Crippen LogP contribution is 2.20. The smallest absolute Gasteiger partial charge is 0.258 e. The van der Waals surface area contributed by atoms with Gasteiger partial charge in [-0.3, -0.25) is 14.3 Å². The summed E-state index contributed by atoms with van der Waals surface area (Å²) in [5, 5.41) is 8.58. The van der Waals surface area contributed by atoms with E-state index in [9.17, 15) is 14.0 Å². The summed E-state index contributed by atoms with van der Waals surface area (Å²) in [5.74, 6) is -0.0164. The molecular formula is C22H19FN6O2. The number of Topliss-reactive ketones (excluding diaryl/α,β-unsaturated/α-hetero) is 1. The van der Waals surface area contributed by atoms with Crippen molar-refractivity contribution in [3.8, 4) is 11.4 Å². The van der Waals surface area contributed by atoms with Crippen LogP contribution in [0.1, 0.15) is 26.4 Å². The summed E-state index contributed by atoms with van der Waals surface area (Å²) in [6, 6.07) is 13.3. The molecule has 3 aromatic heterocycles. The van der Waals surface area contributed by atoms with E-state index in [1.807, 2.05) is 36.4 Å². The van der Waals surface area contributed by atoms with Gasteiger partial charge in [-0.1, -0.05) is 36.4 Å². The van der Waals surface area contributed by atoms with Crippen LogP contribution in [0.15, 0.2) is 54.9 Å². The molecule has 0 aliphatic carbocycles. The Labute approximate surface area is 176 Å². The van der Waals surface area contributed by atoms with Crippen LogP contribution in [0, 0.1) is 0 Å². The number of hydrogen-bond donors (Lipinski definition) is 0. The number of likely N-dealkylation sites (tertiary alicyclic amines) is 1. The summed E-state index contributed by atoms with van der Waals surface area (Å²) in [6.07, 6.45) is 2.19. The first kappa shape index (κ1) is 19.1. The molecule has 0 saturated carbocycles. The maximum atomic E-state index is 13.1. The molecule has 1 fully saturated rings. The van der Waals surface area contributed by atoms with Gasteiger partial charge in [-0.2, -0.15) is 5.10 Å². The topological polar surface area (TPSA) is 85.4 Å². The first-order valence-electron chi connectivity index (χ1n) is 9.89. The van der Waals surface area contributed by atoms with Gasteiger partial charge >= 0.3 is 0 Å². The van der Waals surface area contributed by atoms with E-state index in [0.29, 0.717) is 11.5 Å². The maximum absolute atomic E-state index is 13.1. The van der Waals surface area contributed by atoms with Crippen molar-refractivity contribution in [2.45, 2.75) is 12.6 Å². The number of nitrogens with zero attached hydrogens (tertiary/aromatic N) is 6. The molecule has 8 nitrogen and oxygen atoms in total. The number of benzene rings is 1. The predicted octanol–water partition coefficient (Wildman–Crippen LogP) is 2.35. The largest absolute Gasteiger partial charge is 0.333 e. The lowest BCUT2D eigenvalue weighted by molar-refractivity contribution is 0.0398. The molecule has 1 amide bonds. The molecule has 31 heavy (non-hydrogen) atoms. The second-order valence-electron chi connectivity index (χ2n) is 7.58. The molecule has 5 rings (SSSR count). The number of alkyl halides is 1. The monoisotopic (exact) mass is 418 g/mol. The van der Waals surface area contributed by atoms with Crippen LogP contribution in [0.5, 0.6) is 0 Å². The zero-order chi connectivity index (χ0) is 21.5. The Morgan fingerprint density at radius 2 is 1.90 bits per heavy atom. The van der Waals surface area contributed by atoms with E-state index in [1.165, 1.54) is 15.8 Å². The van der Waals surface area contributed by atoms with Crippen LogP contribution in [0.25, 0.3) is 17.0 Å². The van der Waals surface area contributed by atoms with Gasteiger partial charge in [0.05, 0.1) is 24.8 Å². The van der Waals surface area contributed by atoms with Gasteiger partial charge in [-0.05, 0) is 11.6 Å². The molecule has 9 heteroatoms. The molecule has 0 atom stereocenters. The Morgan fingerprint density at radius 3 is 2.65 bits per heavy atom. The summed E-state index contributed by atoms with van der Waals surface area (Å²) in [7, 11) is 1.62. The van der Waals surface area contributed by atoms with E-state index in [0.717, 1.165) is 11.1 Å².